The molecule has 0 N–H and O–H groups in total. The Morgan fingerprint density at radius 1 is 0.611 bits per heavy atom. The lowest BCUT2D eigenvalue weighted by molar-refractivity contribution is -0.136. The van der Waals surface area contributed by atoms with E-state index in [1.807, 2.05) is 0 Å². The van der Waals surface area contributed by atoms with Gasteiger partial charge in [0.05, 0.1) is 27.4 Å². The Balaban J connectivity index is 2.14. The van der Waals surface area contributed by atoms with Gasteiger partial charge in [0, 0.05) is 11.1 Å². The summed E-state index contributed by atoms with van der Waals surface area (Å²) >= 11 is 1.98. The third-order valence-electron chi connectivity index (χ3n) is 4.90. The van der Waals surface area contributed by atoms with Crippen molar-refractivity contribution < 1.29 is 38.1 Å². The van der Waals surface area contributed by atoms with Gasteiger partial charge in [-0.3, -0.25) is 9.59 Å². The highest BCUT2D eigenvalue weighted by molar-refractivity contribution is 7.36. The minimum Gasteiger partial charge on any atom is -0.497 e. The number of hydrogen-bond acceptors (Lipinski definition) is 10. The zero-order chi connectivity index (χ0) is 26.2. The molecule has 0 radical (unpaired) electrons. The maximum Gasteiger partial charge on any atom is 0.344 e. The summed E-state index contributed by atoms with van der Waals surface area (Å²) in [6.45, 7) is 3.43. The second kappa shape index (κ2) is 12.3. The van der Waals surface area contributed by atoms with E-state index in [2.05, 4.69) is 0 Å². The van der Waals surface area contributed by atoms with Crippen LogP contribution in [0.5, 0.6) is 11.5 Å². The van der Waals surface area contributed by atoms with E-state index in [0.717, 1.165) is 22.7 Å². The Morgan fingerprint density at radius 3 is 1.22 bits per heavy atom. The number of hydrogen-bond donors (Lipinski definition) is 0. The Bertz CT molecular complexity index is 1260. The van der Waals surface area contributed by atoms with Gasteiger partial charge in [0.2, 0.25) is 11.6 Å². The van der Waals surface area contributed by atoms with Crippen LogP contribution in [0.3, 0.4) is 0 Å². The molecule has 188 valence electrons. The van der Waals surface area contributed by atoms with E-state index >= 15 is 0 Å². The van der Waals surface area contributed by atoms with Crippen LogP contribution in [-0.2, 0) is 19.1 Å². The normalized spacial score (nSPS) is 10.3. The zero-order valence-corrected chi connectivity index (χ0v) is 21.7. The smallest absolute Gasteiger partial charge is 0.344 e. The van der Waals surface area contributed by atoms with E-state index in [-0.39, 0.29) is 35.5 Å². The molecule has 1 aromatic heterocycles. The van der Waals surface area contributed by atoms with Gasteiger partial charge in [-0.15, -0.1) is 22.7 Å². The molecule has 10 heteroatoms. The summed E-state index contributed by atoms with van der Waals surface area (Å²) in [6, 6.07) is 12.6. The summed E-state index contributed by atoms with van der Waals surface area (Å²) in [6.07, 6.45) is 0. The van der Waals surface area contributed by atoms with Gasteiger partial charge in [0.25, 0.3) is 0 Å². The van der Waals surface area contributed by atoms with Crippen molar-refractivity contribution in [1.29, 1.82) is 0 Å². The summed E-state index contributed by atoms with van der Waals surface area (Å²) in [5.74, 6) is -1.53. The highest BCUT2D eigenvalue weighted by Crippen LogP contribution is 2.19. The monoisotopic (exact) mass is 528 g/mol. The van der Waals surface area contributed by atoms with Crippen LogP contribution in [0.2, 0.25) is 0 Å². The molecule has 0 aliphatic heterocycles. The van der Waals surface area contributed by atoms with Crippen molar-refractivity contribution >= 4 is 57.3 Å². The highest BCUT2D eigenvalue weighted by atomic mass is 32.2. The van der Waals surface area contributed by atoms with Crippen molar-refractivity contribution in [3.63, 3.8) is 0 Å². The van der Waals surface area contributed by atoms with E-state index in [0.29, 0.717) is 19.2 Å². The molecule has 36 heavy (non-hydrogen) atoms. The second-order valence-corrected chi connectivity index (χ2v) is 9.64. The molecule has 0 atom stereocenters. The first-order chi connectivity index (χ1) is 17.3. The molecular formula is C26H24O8S2. The first-order valence-electron chi connectivity index (χ1n) is 10.9. The molecule has 8 nitrogen and oxygen atoms in total. The number of rotatable bonds is 10. The van der Waals surface area contributed by atoms with Crippen LogP contribution in [0.25, 0.3) is 11.1 Å². The molecule has 0 unspecified atom stereocenters. The quantitative estimate of drug-likeness (QED) is 0.225. The molecule has 0 bridgehead atoms. The molecule has 3 aromatic rings. The van der Waals surface area contributed by atoms with E-state index in [1.165, 1.54) is 14.2 Å². The van der Waals surface area contributed by atoms with Gasteiger partial charge in [-0.25, -0.2) is 9.59 Å². The lowest BCUT2D eigenvalue weighted by atomic mass is 10.0. The fraction of sp³-hybridized carbons (Fsp3) is 0.231. The van der Waals surface area contributed by atoms with Crippen LogP contribution in [0.15, 0.2) is 48.5 Å². The number of carbonyl (C=O) groups is 4. The number of esters is 2. The van der Waals surface area contributed by atoms with Gasteiger partial charge in [-0.1, -0.05) is 0 Å². The number of methoxy groups -OCH3 is 2. The van der Waals surface area contributed by atoms with E-state index in [1.54, 1.807) is 62.4 Å². The van der Waals surface area contributed by atoms with Crippen molar-refractivity contribution in [3.05, 3.63) is 67.3 Å². The molecule has 0 fully saturated rings. The van der Waals surface area contributed by atoms with Crippen LogP contribution in [0.4, 0.5) is 0 Å². The number of benzene rings is 2. The van der Waals surface area contributed by atoms with E-state index in [4.69, 9.17) is 18.9 Å². The maximum absolute atomic E-state index is 13.2. The molecule has 0 aliphatic carbocycles. The predicted octanol–water partition coefficient (Wildman–Crippen LogP) is 3.02. The third kappa shape index (κ3) is 5.89. The Kier molecular flexibility index (Phi) is 9.15. The molecule has 3 rings (SSSR count). The first kappa shape index (κ1) is 26.8. The lowest BCUT2D eigenvalue weighted by Gasteiger charge is -2.10. The standard InChI is InChI=1S/C26H24O8S2/c1-5-33-23(29)19(21(27)15-7-11-17(31-3)12-8-15)25-35-26(36-25)20(24(30)34-6-2)22(28)16-9-13-18(32-4)14-10-16/h7-14H,5-6H2,1-4H3. The van der Waals surface area contributed by atoms with E-state index in [9.17, 15) is 19.2 Å². The van der Waals surface area contributed by atoms with Gasteiger partial charge >= 0.3 is 11.9 Å². The predicted molar refractivity (Wildman–Crippen MR) is 136 cm³/mol. The number of ether oxygens (including phenoxy) is 4. The van der Waals surface area contributed by atoms with Gasteiger partial charge < -0.3 is 18.9 Å². The van der Waals surface area contributed by atoms with Crippen molar-refractivity contribution in [2.75, 3.05) is 27.4 Å². The fourth-order valence-corrected chi connectivity index (χ4v) is 5.31. The SMILES string of the molecule is CCOC(=O)C(C(=O)c1ccc(OC)cc1)=c1sc(=C(C(=O)OCC)C(=O)c2ccc(OC)cc2)s1. The summed E-state index contributed by atoms with van der Waals surface area (Å²) in [5.41, 5.74) is 0.205. The molecule has 0 spiro atoms. The van der Waals surface area contributed by atoms with Crippen LogP contribution in [0, 0.1) is 0 Å². The molecule has 0 saturated carbocycles. The van der Waals surface area contributed by atoms with Gasteiger partial charge in [-0.05, 0) is 62.4 Å². The summed E-state index contributed by atoms with van der Waals surface area (Å²) in [4.78, 5) is 51.8. The Labute approximate surface area is 215 Å². The van der Waals surface area contributed by atoms with Gasteiger partial charge in [0.15, 0.2) is 0 Å². The van der Waals surface area contributed by atoms with Crippen molar-refractivity contribution in [1.82, 2.24) is 0 Å². The first-order valence-corrected chi connectivity index (χ1v) is 12.5. The molecule has 0 amide bonds. The highest BCUT2D eigenvalue weighted by Gasteiger charge is 2.28. The lowest BCUT2D eigenvalue weighted by Crippen LogP contribution is -2.29. The van der Waals surface area contributed by atoms with Crippen LogP contribution in [0.1, 0.15) is 34.6 Å². The number of Topliss-reactive ketones (excluding diaryl/α,β-unsaturated/α-hetero) is 2. The van der Waals surface area contributed by atoms with Crippen molar-refractivity contribution in [2.24, 2.45) is 0 Å². The van der Waals surface area contributed by atoms with Gasteiger partial charge in [0.1, 0.15) is 30.3 Å². The topological polar surface area (TPSA) is 105 Å². The zero-order valence-electron chi connectivity index (χ0n) is 20.1. The van der Waals surface area contributed by atoms with Gasteiger partial charge in [-0.2, -0.15) is 0 Å². The summed E-state index contributed by atoms with van der Waals surface area (Å²) in [7, 11) is 3.01. The largest absolute Gasteiger partial charge is 0.497 e. The molecule has 2 aromatic carbocycles. The van der Waals surface area contributed by atoms with Crippen molar-refractivity contribution in [3.8, 4) is 11.5 Å². The average Bonchev–Trinajstić information content (AvgIpc) is 2.87. The third-order valence-corrected chi connectivity index (χ3v) is 7.45. The summed E-state index contributed by atoms with van der Waals surface area (Å²) in [5, 5.41) is 0. The Morgan fingerprint density at radius 2 is 0.944 bits per heavy atom. The minimum absolute atomic E-state index is 0.0770. The second-order valence-electron chi connectivity index (χ2n) is 7.09. The molecular weight excluding hydrogens is 504 g/mol. The van der Waals surface area contributed by atoms with Crippen LogP contribution in [-0.4, -0.2) is 50.9 Å². The number of ketones is 2. The average molecular weight is 529 g/mol. The van der Waals surface area contributed by atoms with E-state index < -0.39 is 23.5 Å². The fourth-order valence-electron chi connectivity index (χ4n) is 3.10. The minimum atomic E-state index is -0.786. The molecule has 0 saturated heterocycles. The maximum atomic E-state index is 13.2. The van der Waals surface area contributed by atoms with Crippen LogP contribution >= 0.6 is 22.7 Å². The summed E-state index contributed by atoms with van der Waals surface area (Å²) < 4.78 is 21.1. The van der Waals surface area contributed by atoms with Crippen LogP contribution < -0.4 is 17.2 Å². The number of carbonyl (C=O) groups excluding carboxylic acids is 4. The molecule has 1 heterocycles. The molecule has 0 aliphatic rings. The Hall–Kier alpha value is -3.76. The van der Waals surface area contributed by atoms with Crippen molar-refractivity contribution in [2.45, 2.75) is 13.8 Å².